The molecule has 0 radical (unpaired) electrons. The Labute approximate surface area is 170 Å². The predicted octanol–water partition coefficient (Wildman–Crippen LogP) is 4.57. The first-order valence-electron chi connectivity index (χ1n) is 9.73. The maximum Gasteiger partial charge on any atom is 0.165 e. The summed E-state index contributed by atoms with van der Waals surface area (Å²) in [5, 5.41) is 9.88. The van der Waals surface area contributed by atoms with Crippen LogP contribution in [0.25, 0.3) is 11.2 Å². The third kappa shape index (κ3) is 5.28. The normalized spacial score (nSPS) is 14.9. The predicted molar refractivity (Wildman–Crippen MR) is 110 cm³/mol. The van der Waals surface area contributed by atoms with Crippen LogP contribution in [0, 0.1) is 0 Å². The average Bonchev–Trinajstić information content (AvgIpc) is 3.12. The van der Waals surface area contributed by atoms with E-state index >= 15 is 0 Å². The summed E-state index contributed by atoms with van der Waals surface area (Å²) in [4.78, 5) is 12.8. The van der Waals surface area contributed by atoms with Crippen molar-refractivity contribution in [1.82, 2.24) is 19.5 Å². The Bertz CT molecular complexity index is 869. The SMILES string of the molecule is CC(O)CCCC[C@H]([C@H](C)OCc1ccccc1)n1cnc2c(Cl)ncnc21. The van der Waals surface area contributed by atoms with Crippen LogP contribution in [0.3, 0.4) is 0 Å². The summed E-state index contributed by atoms with van der Waals surface area (Å²) in [7, 11) is 0. The number of rotatable bonds is 10. The van der Waals surface area contributed by atoms with E-state index in [0.717, 1.165) is 36.9 Å². The highest BCUT2D eigenvalue weighted by Gasteiger charge is 2.23. The van der Waals surface area contributed by atoms with Gasteiger partial charge in [0.25, 0.3) is 0 Å². The Morgan fingerprint density at radius 2 is 1.82 bits per heavy atom. The second-order valence-electron chi connectivity index (χ2n) is 7.19. The molecule has 1 aromatic carbocycles. The molecule has 0 aliphatic rings. The van der Waals surface area contributed by atoms with Crippen LogP contribution in [0.5, 0.6) is 0 Å². The van der Waals surface area contributed by atoms with Crippen molar-refractivity contribution in [2.45, 2.75) is 64.4 Å². The zero-order valence-electron chi connectivity index (χ0n) is 16.3. The Kier molecular flexibility index (Phi) is 7.36. The van der Waals surface area contributed by atoms with E-state index in [1.54, 1.807) is 6.33 Å². The Morgan fingerprint density at radius 3 is 2.57 bits per heavy atom. The number of halogens is 1. The largest absolute Gasteiger partial charge is 0.393 e. The fourth-order valence-electron chi connectivity index (χ4n) is 3.37. The molecule has 0 saturated carbocycles. The minimum absolute atomic E-state index is 0.0436. The number of benzene rings is 1. The van der Waals surface area contributed by atoms with Gasteiger partial charge in [0.2, 0.25) is 0 Å². The van der Waals surface area contributed by atoms with Crippen molar-refractivity contribution in [3.05, 3.63) is 53.7 Å². The van der Waals surface area contributed by atoms with Gasteiger partial charge in [-0.2, -0.15) is 0 Å². The van der Waals surface area contributed by atoms with Gasteiger partial charge in [0.1, 0.15) is 11.8 Å². The van der Waals surface area contributed by atoms with Crippen LogP contribution in [0.2, 0.25) is 5.15 Å². The molecule has 7 heteroatoms. The smallest absolute Gasteiger partial charge is 0.165 e. The molecule has 3 atom stereocenters. The van der Waals surface area contributed by atoms with E-state index in [4.69, 9.17) is 16.3 Å². The van der Waals surface area contributed by atoms with Gasteiger partial charge in [0.15, 0.2) is 10.8 Å². The molecule has 150 valence electrons. The fraction of sp³-hybridized carbons (Fsp3) is 0.476. The van der Waals surface area contributed by atoms with E-state index in [1.165, 1.54) is 6.33 Å². The molecular formula is C21H27ClN4O2. The van der Waals surface area contributed by atoms with E-state index in [2.05, 4.69) is 34.0 Å². The van der Waals surface area contributed by atoms with Gasteiger partial charge in [-0.05, 0) is 32.3 Å². The monoisotopic (exact) mass is 402 g/mol. The minimum Gasteiger partial charge on any atom is -0.393 e. The molecule has 0 fully saturated rings. The van der Waals surface area contributed by atoms with Crippen molar-refractivity contribution >= 4 is 22.8 Å². The van der Waals surface area contributed by atoms with Gasteiger partial charge in [-0.15, -0.1) is 0 Å². The highest BCUT2D eigenvalue weighted by atomic mass is 35.5. The van der Waals surface area contributed by atoms with Crippen LogP contribution >= 0.6 is 11.6 Å². The summed E-state index contributed by atoms with van der Waals surface area (Å²) in [5.41, 5.74) is 2.46. The minimum atomic E-state index is -0.272. The third-order valence-electron chi connectivity index (χ3n) is 4.94. The Balaban J connectivity index is 1.76. The molecular weight excluding hydrogens is 376 g/mol. The standard InChI is InChI=1S/C21H27ClN4O2/c1-15(27)8-6-7-11-18(16(2)28-12-17-9-4-3-5-10-17)26-14-25-19-20(22)23-13-24-21(19)26/h3-5,9-10,13-16,18,27H,6-8,11-12H2,1-2H3/t15?,16-,18+/m0/s1. The Hall–Kier alpha value is -2.02. The lowest BCUT2D eigenvalue weighted by molar-refractivity contribution is 0.0148. The maximum atomic E-state index is 9.52. The zero-order chi connectivity index (χ0) is 19.9. The van der Waals surface area contributed by atoms with Gasteiger partial charge in [0, 0.05) is 0 Å². The first-order chi connectivity index (χ1) is 13.6. The lowest BCUT2D eigenvalue weighted by Gasteiger charge is -2.26. The third-order valence-corrected chi connectivity index (χ3v) is 5.22. The highest BCUT2D eigenvalue weighted by Crippen LogP contribution is 2.28. The topological polar surface area (TPSA) is 73.1 Å². The van der Waals surface area contributed by atoms with Crippen molar-refractivity contribution in [3.8, 4) is 0 Å². The van der Waals surface area contributed by atoms with Gasteiger partial charge in [-0.25, -0.2) is 15.0 Å². The number of aliphatic hydroxyl groups is 1. The summed E-state index contributed by atoms with van der Waals surface area (Å²) in [6.07, 6.45) is 6.55. The summed E-state index contributed by atoms with van der Waals surface area (Å²) in [5.74, 6) is 0. The molecule has 28 heavy (non-hydrogen) atoms. The molecule has 1 unspecified atom stereocenters. The number of unbranched alkanes of at least 4 members (excludes halogenated alkanes) is 1. The number of hydrogen-bond donors (Lipinski definition) is 1. The van der Waals surface area contributed by atoms with E-state index in [0.29, 0.717) is 17.3 Å². The van der Waals surface area contributed by atoms with Crippen LogP contribution < -0.4 is 0 Å². The number of ether oxygens (including phenoxy) is 1. The summed E-state index contributed by atoms with van der Waals surface area (Å²) in [6, 6.07) is 10.2. The second kappa shape index (κ2) is 9.96. The second-order valence-corrected chi connectivity index (χ2v) is 7.55. The Morgan fingerprint density at radius 1 is 1.07 bits per heavy atom. The van der Waals surface area contributed by atoms with Gasteiger partial charge < -0.3 is 14.4 Å². The molecule has 2 heterocycles. The van der Waals surface area contributed by atoms with Crippen molar-refractivity contribution in [3.63, 3.8) is 0 Å². The van der Waals surface area contributed by atoms with Gasteiger partial charge >= 0.3 is 0 Å². The van der Waals surface area contributed by atoms with Crippen LogP contribution in [0.15, 0.2) is 43.0 Å². The average molecular weight is 403 g/mol. The number of aromatic nitrogens is 4. The van der Waals surface area contributed by atoms with Crippen LogP contribution in [0.1, 0.15) is 51.1 Å². The molecule has 0 aliphatic heterocycles. The van der Waals surface area contributed by atoms with Crippen LogP contribution in [-0.4, -0.2) is 36.8 Å². The molecule has 0 saturated heterocycles. The van der Waals surface area contributed by atoms with Gasteiger partial charge in [-0.3, -0.25) is 0 Å². The lowest BCUT2D eigenvalue weighted by atomic mass is 10.0. The van der Waals surface area contributed by atoms with Crippen molar-refractivity contribution in [2.24, 2.45) is 0 Å². The van der Waals surface area contributed by atoms with Crippen molar-refractivity contribution in [1.29, 1.82) is 0 Å². The quantitative estimate of drug-likeness (QED) is 0.397. The molecule has 0 bridgehead atoms. The van der Waals surface area contributed by atoms with Gasteiger partial charge in [-0.1, -0.05) is 54.8 Å². The number of imidazole rings is 1. The number of nitrogens with zero attached hydrogens (tertiary/aromatic N) is 4. The fourth-order valence-corrected chi connectivity index (χ4v) is 3.55. The molecule has 2 aromatic heterocycles. The van der Waals surface area contributed by atoms with E-state index < -0.39 is 0 Å². The van der Waals surface area contributed by atoms with Crippen LogP contribution in [-0.2, 0) is 11.3 Å². The van der Waals surface area contributed by atoms with E-state index in [-0.39, 0.29) is 18.2 Å². The summed E-state index contributed by atoms with van der Waals surface area (Å²) < 4.78 is 8.24. The van der Waals surface area contributed by atoms with E-state index in [9.17, 15) is 5.11 Å². The summed E-state index contributed by atoms with van der Waals surface area (Å²) >= 11 is 6.17. The number of hydrogen-bond acceptors (Lipinski definition) is 5. The molecule has 0 spiro atoms. The maximum absolute atomic E-state index is 9.52. The van der Waals surface area contributed by atoms with E-state index in [1.807, 2.05) is 29.7 Å². The first-order valence-corrected chi connectivity index (χ1v) is 10.1. The highest BCUT2D eigenvalue weighted by molar-refractivity contribution is 6.33. The first kappa shape index (κ1) is 20.7. The molecule has 3 aromatic rings. The molecule has 0 aliphatic carbocycles. The molecule has 3 rings (SSSR count). The van der Waals surface area contributed by atoms with Crippen molar-refractivity contribution < 1.29 is 9.84 Å². The van der Waals surface area contributed by atoms with Crippen LogP contribution in [0.4, 0.5) is 0 Å². The number of fused-ring (bicyclic) bond motifs is 1. The zero-order valence-corrected chi connectivity index (χ0v) is 17.1. The molecule has 1 N–H and O–H groups in total. The molecule has 0 amide bonds. The number of aliphatic hydroxyl groups excluding tert-OH is 1. The van der Waals surface area contributed by atoms with Gasteiger partial charge in [0.05, 0.1) is 31.2 Å². The lowest BCUT2D eigenvalue weighted by Crippen LogP contribution is -2.24. The molecule has 6 nitrogen and oxygen atoms in total. The van der Waals surface area contributed by atoms with Crippen molar-refractivity contribution in [2.75, 3.05) is 0 Å². The summed E-state index contributed by atoms with van der Waals surface area (Å²) in [6.45, 7) is 4.46.